The van der Waals surface area contributed by atoms with Gasteiger partial charge in [0.25, 0.3) is 0 Å². The van der Waals surface area contributed by atoms with Crippen molar-refractivity contribution < 1.29 is 13.4 Å². The number of aromatic nitrogens is 3. The molecule has 0 fully saturated rings. The van der Waals surface area contributed by atoms with Crippen LogP contribution in [0.5, 0.6) is 0 Å². The van der Waals surface area contributed by atoms with Crippen LogP contribution < -0.4 is 15.8 Å². The van der Waals surface area contributed by atoms with Gasteiger partial charge in [-0.2, -0.15) is 4.57 Å². The molecule has 0 radical (unpaired) electrons. The first-order valence-electron chi connectivity index (χ1n) is 23.7. The molecule has 13 rings (SSSR count). The minimum atomic E-state index is -0.393. The highest BCUT2D eigenvalue weighted by atomic mass is 16.4. The Bertz CT molecular complexity index is 4160. The van der Waals surface area contributed by atoms with Crippen LogP contribution in [-0.2, 0) is 25.7 Å². The molecule has 0 N–H and O–H groups in total. The van der Waals surface area contributed by atoms with E-state index in [9.17, 15) is 9.59 Å². The third kappa shape index (κ3) is 7.18. The van der Waals surface area contributed by atoms with Gasteiger partial charge in [-0.15, -0.1) is 0 Å². The van der Waals surface area contributed by atoms with Crippen LogP contribution in [0.3, 0.4) is 0 Å². The van der Waals surface area contributed by atoms with E-state index in [1.54, 1.807) is 12.1 Å². The minimum absolute atomic E-state index is 0.388. The van der Waals surface area contributed by atoms with Gasteiger partial charge in [0.05, 0.1) is 32.9 Å². The summed E-state index contributed by atoms with van der Waals surface area (Å²) in [4.78, 5) is 36.4. The molecule has 6 heterocycles. The summed E-state index contributed by atoms with van der Waals surface area (Å²) in [5.41, 5.74) is 18.2. The van der Waals surface area contributed by atoms with Gasteiger partial charge in [0.15, 0.2) is 6.20 Å². The summed E-state index contributed by atoms with van der Waals surface area (Å²) in [6.07, 6.45) is 8.78. The van der Waals surface area contributed by atoms with Crippen molar-refractivity contribution in [3.63, 3.8) is 0 Å². The third-order valence-corrected chi connectivity index (χ3v) is 13.9. The highest BCUT2D eigenvalue weighted by Crippen LogP contribution is 2.45. The fourth-order valence-electron chi connectivity index (χ4n) is 10.4. The van der Waals surface area contributed by atoms with Crippen molar-refractivity contribution >= 4 is 43.7 Å². The molecule has 7 aromatic carbocycles. The lowest BCUT2D eigenvalue weighted by atomic mass is 9.88. The first-order valence-corrected chi connectivity index (χ1v) is 23.7. The van der Waals surface area contributed by atoms with Crippen LogP contribution in [0.4, 0.5) is 0 Å². The lowest BCUT2D eigenvalue weighted by Crippen LogP contribution is -2.35. The van der Waals surface area contributed by atoms with Crippen LogP contribution in [0, 0.1) is 0 Å². The van der Waals surface area contributed by atoms with E-state index < -0.39 is 5.63 Å². The fraction of sp³-hybridized carbons (Fsp3) is 0.0635. The van der Waals surface area contributed by atoms with Crippen molar-refractivity contribution in [3.8, 4) is 61.5 Å². The van der Waals surface area contributed by atoms with Crippen molar-refractivity contribution in [1.82, 2.24) is 9.97 Å². The number of benzene rings is 7. The van der Waals surface area contributed by atoms with Crippen LogP contribution in [0.25, 0.3) is 105 Å². The number of fused-ring (bicyclic) bond motifs is 13. The molecule has 70 heavy (non-hydrogen) atoms. The topological polar surface area (TPSA) is 90.1 Å². The molecule has 1 aliphatic rings. The van der Waals surface area contributed by atoms with Gasteiger partial charge in [-0.25, -0.2) is 9.59 Å². The molecule has 0 spiro atoms. The molecule has 0 aliphatic carbocycles. The normalized spacial score (nSPS) is 11.8. The van der Waals surface area contributed by atoms with E-state index in [1.807, 2.05) is 67.0 Å². The molecule has 1 aliphatic heterocycles. The SMILES string of the molecule is O=c1oc2ccccc2c2ncc(CCc3cc(CCc4cnc5c(c4)c(=O)oc4ccccc45)c4c(c3)-c3ccccc3-c3c[n+]-4c(-c4ccccc4)cc3-c3ccc(-c4ccccc4)cc3)cc12. The summed E-state index contributed by atoms with van der Waals surface area (Å²) in [5.74, 6) is 0. The second-order valence-electron chi connectivity index (χ2n) is 18.1. The molecule has 0 amide bonds. The summed E-state index contributed by atoms with van der Waals surface area (Å²) < 4.78 is 13.9. The Hall–Kier alpha value is -9.07. The van der Waals surface area contributed by atoms with Gasteiger partial charge in [0, 0.05) is 45.9 Å². The lowest BCUT2D eigenvalue weighted by molar-refractivity contribution is -0.583. The Morgan fingerprint density at radius 3 is 1.51 bits per heavy atom. The van der Waals surface area contributed by atoms with E-state index in [0.29, 0.717) is 58.7 Å². The fourth-order valence-corrected chi connectivity index (χ4v) is 10.4. The number of aryl methyl sites for hydroxylation is 4. The molecule has 0 saturated carbocycles. The second kappa shape index (κ2) is 16.9. The zero-order chi connectivity index (χ0) is 46.7. The summed E-state index contributed by atoms with van der Waals surface area (Å²) >= 11 is 0. The van der Waals surface area contributed by atoms with Crippen LogP contribution in [0.2, 0.25) is 0 Å². The lowest BCUT2D eigenvalue weighted by Gasteiger charge is -2.15. The Kier molecular flexibility index (Phi) is 9.94. The molecule has 0 atom stereocenters. The molecule has 7 nitrogen and oxygen atoms in total. The minimum Gasteiger partial charge on any atom is -0.422 e. The van der Waals surface area contributed by atoms with Crippen molar-refractivity contribution in [2.75, 3.05) is 0 Å². The number of para-hydroxylation sites is 2. The molecular weight excluding hydrogens is 863 g/mol. The van der Waals surface area contributed by atoms with E-state index in [0.717, 1.165) is 83.4 Å². The quantitative estimate of drug-likeness (QED) is 0.0814. The van der Waals surface area contributed by atoms with Crippen molar-refractivity contribution in [2.45, 2.75) is 25.7 Å². The highest BCUT2D eigenvalue weighted by Gasteiger charge is 2.32. The Balaban J connectivity index is 0.973. The first-order chi connectivity index (χ1) is 34.5. The molecule has 2 bridgehead atoms. The largest absolute Gasteiger partial charge is 0.422 e. The molecule has 5 aromatic heterocycles. The van der Waals surface area contributed by atoms with E-state index in [1.165, 1.54) is 11.1 Å². The standard InChI is InChI=1S/C63H42N3O4/c67-62-53-33-40(36-64-59(53)49-19-9-11-21-57(49)69-62)24-23-39-31-46(26-25-41-34-54-60(65-37-41)50-20-10-12-22-58(50)70-63(54)68)61-52(32-39)47-17-7-8-18-48(47)55-38-66(61)56(45-15-5-2-6-16-45)35-51(55)44-29-27-43(28-30-44)42-13-3-1-4-14-42/h1-22,27-38H,23-26H2/q+1. The number of nitrogens with zero attached hydrogens (tertiary/aromatic N) is 3. The van der Waals surface area contributed by atoms with E-state index >= 15 is 0 Å². The number of rotatable bonds is 9. The average molecular weight is 905 g/mol. The number of pyridine rings is 3. The summed E-state index contributed by atoms with van der Waals surface area (Å²) in [5, 5.41) is 2.58. The van der Waals surface area contributed by atoms with Gasteiger partial charge < -0.3 is 8.83 Å². The molecular formula is C63H42N3O4+. The van der Waals surface area contributed by atoms with Crippen LogP contribution in [0.1, 0.15) is 22.3 Å². The van der Waals surface area contributed by atoms with Crippen LogP contribution >= 0.6 is 0 Å². The number of hydrogen-bond donors (Lipinski definition) is 0. The van der Waals surface area contributed by atoms with E-state index in [4.69, 9.17) is 18.8 Å². The summed E-state index contributed by atoms with van der Waals surface area (Å²) in [6, 6.07) is 64.8. The maximum Gasteiger partial charge on any atom is 0.345 e. The van der Waals surface area contributed by atoms with Crippen molar-refractivity contribution in [2.24, 2.45) is 0 Å². The van der Waals surface area contributed by atoms with Gasteiger partial charge in [-0.3, -0.25) is 9.97 Å². The molecule has 12 aromatic rings. The molecule has 0 saturated heterocycles. The first kappa shape index (κ1) is 41.1. The zero-order valence-electron chi connectivity index (χ0n) is 37.9. The third-order valence-electron chi connectivity index (χ3n) is 13.9. The summed E-state index contributed by atoms with van der Waals surface area (Å²) in [7, 11) is 0. The van der Waals surface area contributed by atoms with Gasteiger partial charge in [-0.05, 0) is 131 Å². The average Bonchev–Trinajstić information content (AvgIpc) is 3.53. The predicted octanol–water partition coefficient (Wildman–Crippen LogP) is 13.5. The Morgan fingerprint density at radius 2 is 0.886 bits per heavy atom. The Morgan fingerprint density at radius 1 is 0.386 bits per heavy atom. The maximum atomic E-state index is 13.4. The second-order valence-corrected chi connectivity index (χ2v) is 18.1. The monoisotopic (exact) mass is 904 g/mol. The van der Waals surface area contributed by atoms with Crippen molar-refractivity contribution in [1.29, 1.82) is 0 Å². The number of hydrogen-bond acceptors (Lipinski definition) is 6. The molecule has 7 heteroatoms. The van der Waals surface area contributed by atoms with Crippen LogP contribution in [0.15, 0.2) is 225 Å². The molecule has 332 valence electrons. The van der Waals surface area contributed by atoms with Gasteiger partial charge >= 0.3 is 11.3 Å². The van der Waals surface area contributed by atoms with Gasteiger partial charge in [0.2, 0.25) is 11.4 Å². The van der Waals surface area contributed by atoms with Crippen molar-refractivity contribution in [3.05, 3.63) is 250 Å². The molecule has 0 unspecified atom stereocenters. The van der Waals surface area contributed by atoms with E-state index in [-0.39, 0.29) is 5.63 Å². The maximum absolute atomic E-state index is 13.4. The summed E-state index contributed by atoms with van der Waals surface area (Å²) in [6.45, 7) is 0. The smallest absolute Gasteiger partial charge is 0.345 e. The van der Waals surface area contributed by atoms with Gasteiger partial charge in [0.1, 0.15) is 11.2 Å². The zero-order valence-corrected chi connectivity index (χ0v) is 37.9. The Labute approximate surface area is 402 Å². The van der Waals surface area contributed by atoms with E-state index in [2.05, 4.69) is 132 Å². The predicted molar refractivity (Wildman–Crippen MR) is 279 cm³/mol. The van der Waals surface area contributed by atoms with Gasteiger partial charge in [-0.1, -0.05) is 121 Å². The van der Waals surface area contributed by atoms with Crippen LogP contribution in [-0.4, -0.2) is 9.97 Å². The highest BCUT2D eigenvalue weighted by molar-refractivity contribution is 6.03.